The maximum atomic E-state index is 12.8. The lowest BCUT2D eigenvalue weighted by Crippen LogP contribution is -2.47. The van der Waals surface area contributed by atoms with Crippen LogP contribution >= 0.6 is 0 Å². The number of carbonyl (C=O) groups is 2. The Bertz CT molecular complexity index is 1100. The van der Waals surface area contributed by atoms with Gasteiger partial charge in [0.1, 0.15) is 5.75 Å². The Morgan fingerprint density at radius 1 is 1.03 bits per heavy atom. The second-order valence-electron chi connectivity index (χ2n) is 8.31. The molecule has 35 heavy (non-hydrogen) atoms. The number of halogens is 3. The van der Waals surface area contributed by atoms with Crippen LogP contribution in [0, 0.1) is 0 Å². The maximum Gasteiger partial charge on any atom is 0.573 e. The van der Waals surface area contributed by atoms with Crippen molar-refractivity contribution in [3.05, 3.63) is 72.1 Å². The quantitative estimate of drug-likeness (QED) is 0.613. The fourth-order valence-corrected chi connectivity index (χ4v) is 4.00. The van der Waals surface area contributed by atoms with Crippen LogP contribution in [0.2, 0.25) is 0 Å². The molecule has 2 heterocycles. The average molecular weight is 486 g/mol. The lowest BCUT2D eigenvalue weighted by Gasteiger charge is -2.32. The van der Waals surface area contributed by atoms with Crippen molar-refractivity contribution >= 4 is 23.2 Å². The van der Waals surface area contributed by atoms with Crippen LogP contribution in [0.1, 0.15) is 41.7 Å². The third-order valence-electron chi connectivity index (χ3n) is 5.76. The second-order valence-corrected chi connectivity index (χ2v) is 8.31. The van der Waals surface area contributed by atoms with Crippen molar-refractivity contribution in [3.8, 4) is 5.75 Å². The Morgan fingerprint density at radius 2 is 1.77 bits per heavy atom. The molecular weight excluding hydrogens is 461 g/mol. The lowest BCUT2D eigenvalue weighted by atomic mass is 10.0. The molecule has 4 rings (SSSR count). The third kappa shape index (κ3) is 6.84. The number of rotatable bonds is 5. The van der Waals surface area contributed by atoms with E-state index in [9.17, 15) is 22.8 Å². The lowest BCUT2D eigenvalue weighted by molar-refractivity contribution is -0.274. The molecule has 0 radical (unpaired) electrons. The zero-order chi connectivity index (χ0) is 24.8. The molecule has 1 aliphatic heterocycles. The summed E-state index contributed by atoms with van der Waals surface area (Å²) in [6.07, 6.45) is 6.29. The van der Waals surface area contributed by atoms with Crippen molar-refractivity contribution in [1.29, 1.82) is 0 Å². The minimum atomic E-state index is -4.77. The van der Waals surface area contributed by atoms with Crippen molar-refractivity contribution in [2.75, 3.05) is 18.4 Å². The van der Waals surface area contributed by atoms with Crippen LogP contribution in [-0.4, -0.2) is 47.3 Å². The van der Waals surface area contributed by atoms with E-state index in [1.54, 1.807) is 17.2 Å². The Kier molecular flexibility index (Phi) is 7.38. The summed E-state index contributed by atoms with van der Waals surface area (Å²) >= 11 is 0. The molecule has 0 saturated carbocycles. The number of benzene rings is 1. The van der Waals surface area contributed by atoms with Crippen LogP contribution in [0.15, 0.2) is 60.8 Å². The molecule has 1 aromatic heterocycles. The molecule has 3 amide bonds. The summed E-state index contributed by atoms with van der Waals surface area (Å²) in [4.78, 5) is 31.3. The van der Waals surface area contributed by atoms with Gasteiger partial charge in [0, 0.05) is 31.0 Å². The second kappa shape index (κ2) is 10.6. The SMILES string of the molecule is O=C(Nc1ccc(OC(F)(F)F)cc1)NC1CCN(C(=O)c2ccc(C3=CCCC=C3)nc2)CC1. The summed E-state index contributed by atoms with van der Waals surface area (Å²) in [6.45, 7) is 0.978. The number of alkyl halides is 3. The highest BCUT2D eigenvalue weighted by atomic mass is 19.4. The normalized spacial score (nSPS) is 16.4. The molecule has 1 saturated heterocycles. The summed E-state index contributed by atoms with van der Waals surface area (Å²) in [5.74, 6) is -0.463. The molecule has 0 spiro atoms. The number of hydrogen-bond acceptors (Lipinski definition) is 4. The van der Waals surface area contributed by atoms with Crippen LogP contribution in [0.5, 0.6) is 5.75 Å². The number of aromatic nitrogens is 1. The average Bonchev–Trinajstić information content (AvgIpc) is 2.85. The van der Waals surface area contributed by atoms with Crippen LogP contribution in [-0.2, 0) is 0 Å². The van der Waals surface area contributed by atoms with E-state index in [0.717, 1.165) is 36.2 Å². The standard InChI is InChI=1S/C25H25F3N4O3/c26-25(27,28)35-21-9-7-19(8-10-21)30-24(34)31-20-12-14-32(15-13-20)23(33)18-6-11-22(29-16-18)17-4-2-1-3-5-17/h2,4-11,16,20H,1,3,12-15H2,(H2,30,31,34). The molecule has 10 heteroatoms. The van der Waals surface area contributed by atoms with Crippen LogP contribution < -0.4 is 15.4 Å². The van der Waals surface area contributed by atoms with Gasteiger partial charge in [-0.2, -0.15) is 0 Å². The predicted molar refractivity (Wildman–Crippen MR) is 125 cm³/mol. The topological polar surface area (TPSA) is 83.6 Å². The van der Waals surface area contributed by atoms with E-state index in [4.69, 9.17) is 0 Å². The van der Waals surface area contributed by atoms with Crippen molar-refractivity contribution in [3.63, 3.8) is 0 Å². The summed E-state index contributed by atoms with van der Waals surface area (Å²) in [5, 5.41) is 5.43. The van der Waals surface area contributed by atoms with Crippen LogP contribution in [0.25, 0.3) is 5.57 Å². The zero-order valence-electron chi connectivity index (χ0n) is 18.8. The number of likely N-dealkylation sites (tertiary alicyclic amines) is 1. The summed E-state index contributed by atoms with van der Waals surface area (Å²) in [7, 11) is 0. The Hall–Kier alpha value is -3.82. The van der Waals surface area contributed by atoms with E-state index in [1.165, 1.54) is 12.1 Å². The minimum absolute atomic E-state index is 0.0960. The molecule has 0 unspecified atom stereocenters. The number of nitrogens with one attached hydrogen (secondary N) is 2. The van der Waals surface area contributed by atoms with E-state index < -0.39 is 12.4 Å². The number of carbonyl (C=O) groups excluding carboxylic acids is 2. The number of piperidine rings is 1. The van der Waals surface area contributed by atoms with E-state index in [0.29, 0.717) is 37.2 Å². The van der Waals surface area contributed by atoms with Crippen molar-refractivity contribution in [2.45, 2.75) is 38.1 Å². The van der Waals surface area contributed by atoms with Gasteiger partial charge in [0.2, 0.25) is 0 Å². The van der Waals surface area contributed by atoms with Gasteiger partial charge in [-0.3, -0.25) is 9.78 Å². The van der Waals surface area contributed by atoms with Gasteiger partial charge in [0.15, 0.2) is 0 Å². The highest BCUT2D eigenvalue weighted by Crippen LogP contribution is 2.24. The first-order valence-corrected chi connectivity index (χ1v) is 11.3. The molecule has 1 fully saturated rings. The molecule has 184 valence electrons. The van der Waals surface area contributed by atoms with Gasteiger partial charge in [0.25, 0.3) is 5.91 Å². The number of anilines is 1. The number of urea groups is 1. The monoisotopic (exact) mass is 486 g/mol. The highest BCUT2D eigenvalue weighted by Gasteiger charge is 2.31. The molecule has 0 atom stereocenters. The van der Waals surface area contributed by atoms with Gasteiger partial charge in [-0.25, -0.2) is 4.79 Å². The van der Waals surface area contributed by atoms with Gasteiger partial charge in [-0.15, -0.1) is 13.2 Å². The molecule has 1 aliphatic carbocycles. The number of ether oxygens (including phenoxy) is 1. The Balaban J connectivity index is 1.23. The third-order valence-corrected chi connectivity index (χ3v) is 5.76. The van der Waals surface area contributed by atoms with E-state index >= 15 is 0 Å². The van der Waals surface area contributed by atoms with E-state index in [1.807, 2.05) is 12.1 Å². The zero-order valence-corrected chi connectivity index (χ0v) is 18.8. The van der Waals surface area contributed by atoms with Crippen LogP contribution in [0.3, 0.4) is 0 Å². The van der Waals surface area contributed by atoms with Crippen molar-refractivity contribution in [2.24, 2.45) is 0 Å². The minimum Gasteiger partial charge on any atom is -0.406 e. The number of pyridine rings is 1. The molecular formula is C25H25F3N4O3. The Morgan fingerprint density at radius 3 is 2.37 bits per heavy atom. The maximum absolute atomic E-state index is 12.8. The molecule has 7 nitrogen and oxygen atoms in total. The van der Waals surface area contributed by atoms with Crippen LogP contribution in [0.4, 0.5) is 23.7 Å². The van der Waals surface area contributed by atoms with E-state index in [2.05, 4.69) is 32.5 Å². The van der Waals surface area contributed by atoms with E-state index in [-0.39, 0.29) is 17.7 Å². The first-order chi connectivity index (χ1) is 16.8. The molecule has 2 N–H and O–H groups in total. The summed E-state index contributed by atoms with van der Waals surface area (Å²) in [5.41, 5.74) is 2.76. The van der Waals surface area contributed by atoms with Gasteiger partial charge < -0.3 is 20.3 Å². The molecule has 2 aliphatic rings. The highest BCUT2D eigenvalue weighted by molar-refractivity contribution is 5.94. The predicted octanol–water partition coefficient (Wildman–Crippen LogP) is 5.14. The fraction of sp³-hybridized carbons (Fsp3) is 0.320. The van der Waals surface area contributed by atoms with Crippen molar-refractivity contribution < 1.29 is 27.5 Å². The fourth-order valence-electron chi connectivity index (χ4n) is 4.00. The Labute approximate surface area is 200 Å². The molecule has 1 aromatic carbocycles. The first kappa shape index (κ1) is 24.3. The molecule has 2 aromatic rings. The number of hydrogen-bond donors (Lipinski definition) is 2. The van der Waals surface area contributed by atoms with Gasteiger partial charge >= 0.3 is 12.4 Å². The number of nitrogens with zero attached hydrogens (tertiary/aromatic N) is 2. The first-order valence-electron chi connectivity index (χ1n) is 11.3. The summed E-state index contributed by atoms with van der Waals surface area (Å²) in [6, 6.07) is 7.94. The number of amides is 3. The van der Waals surface area contributed by atoms with Gasteiger partial charge in [-0.1, -0.05) is 18.2 Å². The largest absolute Gasteiger partial charge is 0.573 e. The van der Waals surface area contributed by atoms with Gasteiger partial charge in [-0.05, 0) is 67.7 Å². The summed E-state index contributed by atoms with van der Waals surface area (Å²) < 4.78 is 40.5. The smallest absolute Gasteiger partial charge is 0.406 e. The van der Waals surface area contributed by atoms with Gasteiger partial charge in [0.05, 0.1) is 11.3 Å². The van der Waals surface area contributed by atoms with Crippen molar-refractivity contribution in [1.82, 2.24) is 15.2 Å². The molecule has 0 bridgehead atoms. The number of allylic oxidation sites excluding steroid dienone is 4.